The minimum Gasteiger partial charge on any atom is -0.381 e. The number of rotatable bonds is 5. The molecule has 1 fully saturated rings. The monoisotopic (exact) mass is 299 g/mol. The third-order valence-corrected chi connectivity index (χ3v) is 5.32. The first-order chi connectivity index (χ1) is 9.20. The van der Waals surface area contributed by atoms with Crippen molar-refractivity contribution in [3.8, 4) is 0 Å². The topological polar surface area (TPSA) is 35.2 Å². The van der Waals surface area contributed by atoms with E-state index in [0.717, 1.165) is 43.9 Å². The molecule has 0 aromatic heterocycles. The summed E-state index contributed by atoms with van der Waals surface area (Å²) in [5.74, 6) is 0. The second-order valence-corrected chi connectivity index (χ2v) is 6.77. The molecule has 1 aliphatic rings. The Balaban J connectivity index is 2.11. The van der Waals surface area contributed by atoms with Gasteiger partial charge in [0.2, 0.25) is 0 Å². The lowest BCUT2D eigenvalue weighted by Gasteiger charge is -2.23. The summed E-state index contributed by atoms with van der Waals surface area (Å²) in [5, 5.41) is 1.49. The van der Waals surface area contributed by atoms with Gasteiger partial charge in [-0.15, -0.1) is 11.8 Å². The van der Waals surface area contributed by atoms with Crippen LogP contribution in [0.15, 0.2) is 23.1 Å². The fourth-order valence-electron chi connectivity index (χ4n) is 2.23. The zero-order chi connectivity index (χ0) is 13.7. The molecule has 1 aromatic carbocycles. The highest BCUT2D eigenvalue weighted by molar-refractivity contribution is 8.00. The number of nitrogens with two attached hydrogens (primary N) is 1. The number of thioether (sulfide) groups is 1. The number of benzene rings is 1. The maximum atomic E-state index is 6.35. The largest absolute Gasteiger partial charge is 0.381 e. The molecule has 0 saturated carbocycles. The van der Waals surface area contributed by atoms with Crippen molar-refractivity contribution < 1.29 is 4.74 Å². The van der Waals surface area contributed by atoms with Gasteiger partial charge >= 0.3 is 0 Å². The molecule has 0 amide bonds. The van der Waals surface area contributed by atoms with Crippen LogP contribution in [0.1, 0.15) is 31.7 Å². The van der Waals surface area contributed by atoms with Gasteiger partial charge < -0.3 is 10.5 Å². The van der Waals surface area contributed by atoms with E-state index in [9.17, 15) is 0 Å². The van der Waals surface area contributed by atoms with Crippen LogP contribution in [0, 0.1) is 0 Å². The summed E-state index contributed by atoms with van der Waals surface area (Å²) in [6, 6.07) is 6.36. The van der Waals surface area contributed by atoms with Gasteiger partial charge in [-0.05, 0) is 43.4 Å². The van der Waals surface area contributed by atoms with Crippen molar-refractivity contribution in [1.82, 2.24) is 0 Å². The molecule has 106 valence electrons. The van der Waals surface area contributed by atoms with E-state index >= 15 is 0 Å². The average Bonchev–Trinajstić information content (AvgIpc) is 2.43. The molecule has 2 nitrogen and oxygen atoms in total. The lowest BCUT2D eigenvalue weighted by atomic mass is 10.0. The quantitative estimate of drug-likeness (QED) is 0.896. The smallest absolute Gasteiger partial charge is 0.0476 e. The molecule has 1 aromatic rings. The normalized spacial score (nSPS) is 18.5. The first-order valence-electron chi connectivity index (χ1n) is 6.98. The van der Waals surface area contributed by atoms with Gasteiger partial charge in [0.25, 0.3) is 0 Å². The highest BCUT2D eigenvalue weighted by Crippen LogP contribution is 2.35. The van der Waals surface area contributed by atoms with Crippen LogP contribution in [0.5, 0.6) is 0 Å². The first kappa shape index (κ1) is 15.2. The van der Waals surface area contributed by atoms with E-state index in [1.165, 1.54) is 10.5 Å². The Labute approximate surface area is 125 Å². The van der Waals surface area contributed by atoms with Gasteiger partial charge in [0.15, 0.2) is 0 Å². The van der Waals surface area contributed by atoms with Gasteiger partial charge in [-0.3, -0.25) is 0 Å². The van der Waals surface area contributed by atoms with E-state index in [4.69, 9.17) is 22.1 Å². The van der Waals surface area contributed by atoms with Gasteiger partial charge in [0.1, 0.15) is 0 Å². The first-order valence-corrected chi connectivity index (χ1v) is 8.23. The number of ether oxygens (including phenoxy) is 1. The molecule has 0 spiro atoms. The zero-order valence-corrected chi connectivity index (χ0v) is 13.0. The summed E-state index contributed by atoms with van der Waals surface area (Å²) < 4.78 is 5.41. The lowest BCUT2D eigenvalue weighted by molar-refractivity contribution is 0.1000. The third-order valence-electron chi connectivity index (χ3n) is 3.53. The van der Waals surface area contributed by atoms with E-state index in [2.05, 4.69) is 13.0 Å². The summed E-state index contributed by atoms with van der Waals surface area (Å²) in [7, 11) is 0. The predicted octanol–water partition coefficient (Wildman–Crippen LogP) is 3.89. The van der Waals surface area contributed by atoms with Crippen LogP contribution in [0.3, 0.4) is 0 Å². The Morgan fingerprint density at radius 1 is 1.42 bits per heavy atom. The molecule has 0 bridgehead atoms. The van der Waals surface area contributed by atoms with Crippen molar-refractivity contribution in [1.29, 1.82) is 0 Å². The SMILES string of the molecule is CCC(N)Cc1c(Cl)cccc1SC1CCOCC1. The predicted molar refractivity (Wildman–Crippen MR) is 83.1 cm³/mol. The lowest BCUT2D eigenvalue weighted by Crippen LogP contribution is -2.22. The highest BCUT2D eigenvalue weighted by Gasteiger charge is 2.18. The summed E-state index contributed by atoms with van der Waals surface area (Å²) in [6.07, 6.45) is 4.08. The number of halogens is 1. The van der Waals surface area contributed by atoms with Crippen molar-refractivity contribution in [2.24, 2.45) is 5.73 Å². The van der Waals surface area contributed by atoms with Gasteiger partial charge in [-0.25, -0.2) is 0 Å². The van der Waals surface area contributed by atoms with Gasteiger partial charge in [-0.1, -0.05) is 24.6 Å². The van der Waals surface area contributed by atoms with Crippen molar-refractivity contribution in [2.75, 3.05) is 13.2 Å². The molecule has 19 heavy (non-hydrogen) atoms. The fourth-order valence-corrected chi connectivity index (χ4v) is 3.81. The van der Waals surface area contributed by atoms with Crippen LogP contribution >= 0.6 is 23.4 Å². The van der Waals surface area contributed by atoms with Gasteiger partial charge in [-0.2, -0.15) is 0 Å². The zero-order valence-electron chi connectivity index (χ0n) is 11.4. The molecule has 1 aliphatic heterocycles. The van der Waals surface area contributed by atoms with Crippen LogP contribution in [0.2, 0.25) is 5.02 Å². The van der Waals surface area contributed by atoms with Gasteiger partial charge in [0.05, 0.1) is 0 Å². The molecule has 0 aliphatic carbocycles. The van der Waals surface area contributed by atoms with E-state index in [-0.39, 0.29) is 6.04 Å². The van der Waals surface area contributed by atoms with Crippen molar-refractivity contribution in [3.05, 3.63) is 28.8 Å². The summed E-state index contributed by atoms with van der Waals surface area (Å²) >= 11 is 8.29. The molecule has 1 atom stereocenters. The van der Waals surface area contributed by atoms with Crippen LogP contribution in [0.4, 0.5) is 0 Å². The van der Waals surface area contributed by atoms with Crippen molar-refractivity contribution in [3.63, 3.8) is 0 Å². The standard InChI is InChI=1S/C15H22ClNOS/c1-2-11(17)10-13-14(16)4-3-5-15(13)19-12-6-8-18-9-7-12/h3-5,11-12H,2,6-10,17H2,1H3. The maximum Gasteiger partial charge on any atom is 0.0476 e. The van der Waals surface area contributed by atoms with E-state index < -0.39 is 0 Å². The second kappa shape index (κ2) is 7.53. The van der Waals surface area contributed by atoms with Crippen molar-refractivity contribution in [2.45, 2.75) is 48.8 Å². The minimum absolute atomic E-state index is 0.189. The maximum absolute atomic E-state index is 6.35. The summed E-state index contributed by atoms with van der Waals surface area (Å²) in [5.41, 5.74) is 7.31. The molecule has 2 rings (SSSR count). The number of hydrogen-bond acceptors (Lipinski definition) is 3. The van der Waals surface area contributed by atoms with E-state index in [1.807, 2.05) is 23.9 Å². The molecular weight excluding hydrogens is 278 g/mol. The van der Waals surface area contributed by atoms with Gasteiger partial charge in [0, 0.05) is 34.4 Å². The number of hydrogen-bond donors (Lipinski definition) is 1. The molecule has 1 unspecified atom stereocenters. The van der Waals surface area contributed by atoms with Crippen molar-refractivity contribution >= 4 is 23.4 Å². The Hall–Kier alpha value is -0.220. The molecule has 1 saturated heterocycles. The third kappa shape index (κ3) is 4.38. The molecular formula is C15H22ClNOS. The average molecular weight is 300 g/mol. The molecule has 0 radical (unpaired) electrons. The molecule has 4 heteroatoms. The molecule has 2 N–H and O–H groups in total. The summed E-state index contributed by atoms with van der Waals surface area (Å²) in [4.78, 5) is 1.29. The Morgan fingerprint density at radius 3 is 2.84 bits per heavy atom. The second-order valence-electron chi connectivity index (χ2n) is 5.02. The Morgan fingerprint density at radius 2 is 2.16 bits per heavy atom. The van der Waals surface area contributed by atoms with Crippen LogP contribution in [-0.4, -0.2) is 24.5 Å². The van der Waals surface area contributed by atoms with E-state index in [1.54, 1.807) is 0 Å². The summed E-state index contributed by atoms with van der Waals surface area (Å²) in [6.45, 7) is 3.87. The fraction of sp³-hybridized carbons (Fsp3) is 0.600. The van der Waals surface area contributed by atoms with E-state index in [0.29, 0.717) is 5.25 Å². The Kier molecular flexibility index (Phi) is 6.02. The molecule has 1 heterocycles. The highest BCUT2D eigenvalue weighted by atomic mass is 35.5. The Bertz CT molecular complexity index is 407. The van der Waals surface area contributed by atoms with Crippen LogP contribution in [-0.2, 0) is 11.2 Å². The van der Waals surface area contributed by atoms with Crippen LogP contribution in [0.25, 0.3) is 0 Å². The minimum atomic E-state index is 0.189. The van der Waals surface area contributed by atoms with Crippen LogP contribution < -0.4 is 5.73 Å².